The minimum Gasteiger partial charge on any atom is -0.370 e. The summed E-state index contributed by atoms with van der Waals surface area (Å²) in [4.78, 5) is 12.6. The minimum atomic E-state index is -3.71. The van der Waals surface area contributed by atoms with E-state index in [2.05, 4.69) is 10.0 Å². The van der Waals surface area contributed by atoms with Crippen molar-refractivity contribution in [2.45, 2.75) is 17.9 Å². The molecule has 1 aliphatic heterocycles. The van der Waals surface area contributed by atoms with Gasteiger partial charge in [0.15, 0.2) is 0 Å². The van der Waals surface area contributed by atoms with Crippen LogP contribution in [0.15, 0.2) is 59.5 Å². The molecule has 150 valence electrons. The predicted molar refractivity (Wildman–Crippen MR) is 107 cm³/mol. The van der Waals surface area contributed by atoms with E-state index >= 15 is 0 Å². The van der Waals surface area contributed by atoms with Gasteiger partial charge >= 0.3 is 0 Å². The molecule has 3 N–H and O–H groups in total. The molecule has 1 atom stereocenters. The molecular weight excluding hydrogens is 378 g/mol. The number of sulfonamides is 1. The first-order valence-corrected chi connectivity index (χ1v) is 10.8. The summed E-state index contributed by atoms with van der Waals surface area (Å²) in [5, 5.41) is 2.63. The van der Waals surface area contributed by atoms with Crippen molar-refractivity contribution < 1.29 is 22.8 Å². The van der Waals surface area contributed by atoms with Gasteiger partial charge in [0.25, 0.3) is 0 Å². The first kappa shape index (κ1) is 20.5. The maximum atomic E-state index is 13.0. The Morgan fingerprint density at radius 3 is 2.32 bits per heavy atom. The van der Waals surface area contributed by atoms with Crippen LogP contribution in [0.25, 0.3) is 0 Å². The first-order valence-electron chi connectivity index (χ1n) is 9.30. The Kier molecular flexibility index (Phi) is 6.79. The molecule has 8 heteroatoms. The van der Waals surface area contributed by atoms with Gasteiger partial charge in [-0.1, -0.05) is 30.3 Å². The van der Waals surface area contributed by atoms with E-state index < -0.39 is 10.0 Å². The molecular formula is C20H26N3O4S+. The molecule has 1 amide bonds. The fourth-order valence-corrected chi connectivity index (χ4v) is 4.47. The average Bonchev–Trinajstić information content (AvgIpc) is 2.69. The smallest absolute Gasteiger partial charge is 0.241 e. The Hall–Kier alpha value is -2.26. The summed E-state index contributed by atoms with van der Waals surface area (Å²) in [6, 6.07) is 15.4. The van der Waals surface area contributed by atoms with E-state index in [1.807, 2.05) is 30.3 Å². The molecule has 0 spiro atoms. The number of carbonyl (C=O) groups excluding carboxylic acids is 1. The molecule has 0 aromatic heterocycles. The lowest BCUT2D eigenvalue weighted by Crippen LogP contribution is -3.14. The molecule has 1 heterocycles. The number of ether oxygens (including phenoxy) is 1. The van der Waals surface area contributed by atoms with Gasteiger partial charge in [-0.2, -0.15) is 4.72 Å². The van der Waals surface area contributed by atoms with Crippen molar-refractivity contribution in [1.29, 1.82) is 0 Å². The number of nitrogens with one attached hydrogen (secondary N) is 3. The van der Waals surface area contributed by atoms with Crippen molar-refractivity contribution >= 4 is 21.6 Å². The van der Waals surface area contributed by atoms with E-state index in [1.54, 1.807) is 12.1 Å². The molecule has 7 nitrogen and oxygen atoms in total. The molecule has 0 unspecified atom stereocenters. The standard InChI is InChI=1S/C20H25N3O4S/c1-16(24)21-18-7-9-19(10-8-18)28(25,26)22-20(17-5-3-2-4-6-17)15-23-11-13-27-14-12-23/h2-10,20,22H,11-15H2,1H3,(H,21,24)/p+1/t20-/m0/s1. The zero-order valence-corrected chi connectivity index (χ0v) is 16.7. The quantitative estimate of drug-likeness (QED) is 0.630. The van der Waals surface area contributed by atoms with Gasteiger partial charge in [0.2, 0.25) is 15.9 Å². The summed E-state index contributed by atoms with van der Waals surface area (Å²) < 4.78 is 34.2. The third-order valence-electron chi connectivity index (χ3n) is 4.68. The average molecular weight is 405 g/mol. The number of morpholine rings is 1. The van der Waals surface area contributed by atoms with Crippen molar-refractivity contribution in [3.8, 4) is 0 Å². The molecule has 0 aliphatic carbocycles. The molecule has 0 bridgehead atoms. The Bertz CT molecular complexity index is 879. The van der Waals surface area contributed by atoms with E-state index in [0.717, 1.165) is 18.7 Å². The van der Waals surface area contributed by atoms with E-state index in [9.17, 15) is 13.2 Å². The normalized spacial score (nSPS) is 16.5. The number of carbonyl (C=O) groups is 1. The molecule has 1 aliphatic rings. The van der Waals surface area contributed by atoms with Gasteiger partial charge in [-0.15, -0.1) is 0 Å². The topological polar surface area (TPSA) is 88.9 Å². The van der Waals surface area contributed by atoms with Crippen molar-refractivity contribution in [3.63, 3.8) is 0 Å². The largest absolute Gasteiger partial charge is 0.370 e. The van der Waals surface area contributed by atoms with Crippen LogP contribution in [0.1, 0.15) is 18.5 Å². The van der Waals surface area contributed by atoms with Crippen molar-refractivity contribution in [3.05, 3.63) is 60.2 Å². The van der Waals surface area contributed by atoms with Crippen LogP contribution < -0.4 is 14.9 Å². The van der Waals surface area contributed by atoms with Crippen molar-refractivity contribution in [2.75, 3.05) is 38.2 Å². The lowest BCUT2D eigenvalue weighted by Gasteiger charge is -2.28. The molecule has 28 heavy (non-hydrogen) atoms. The monoisotopic (exact) mass is 404 g/mol. The van der Waals surface area contributed by atoms with Crippen LogP contribution in [0.3, 0.4) is 0 Å². The van der Waals surface area contributed by atoms with Gasteiger partial charge < -0.3 is 15.0 Å². The number of hydrogen-bond acceptors (Lipinski definition) is 4. The zero-order chi connectivity index (χ0) is 20.0. The number of amides is 1. The van der Waals surface area contributed by atoms with E-state index in [-0.39, 0.29) is 16.8 Å². The molecule has 3 rings (SSSR count). The Balaban J connectivity index is 1.79. The van der Waals surface area contributed by atoms with Gasteiger partial charge in [0.05, 0.1) is 30.7 Å². The van der Waals surface area contributed by atoms with Crippen LogP contribution >= 0.6 is 0 Å². The molecule has 2 aromatic carbocycles. The van der Waals surface area contributed by atoms with Gasteiger partial charge in [-0.25, -0.2) is 8.42 Å². The third-order valence-corrected chi connectivity index (χ3v) is 6.16. The van der Waals surface area contributed by atoms with E-state index in [0.29, 0.717) is 25.4 Å². The van der Waals surface area contributed by atoms with Crippen LogP contribution in [-0.2, 0) is 19.6 Å². The number of benzene rings is 2. The zero-order valence-electron chi connectivity index (χ0n) is 15.9. The second-order valence-corrected chi connectivity index (χ2v) is 8.57. The summed E-state index contributed by atoms with van der Waals surface area (Å²) in [7, 11) is -3.71. The van der Waals surface area contributed by atoms with Crippen molar-refractivity contribution in [1.82, 2.24) is 4.72 Å². The van der Waals surface area contributed by atoms with Gasteiger partial charge in [0.1, 0.15) is 13.1 Å². The second-order valence-electron chi connectivity index (χ2n) is 6.86. The fraction of sp³-hybridized carbons (Fsp3) is 0.350. The summed E-state index contributed by atoms with van der Waals surface area (Å²) in [5.74, 6) is -0.202. The van der Waals surface area contributed by atoms with Crippen LogP contribution in [0.5, 0.6) is 0 Å². The Morgan fingerprint density at radius 2 is 1.71 bits per heavy atom. The fourth-order valence-electron chi connectivity index (χ4n) is 3.24. The number of hydrogen-bond donors (Lipinski definition) is 3. The maximum absolute atomic E-state index is 13.0. The SMILES string of the molecule is CC(=O)Nc1ccc(S(=O)(=O)N[C@@H](C[NH+]2CCOCC2)c2ccccc2)cc1. The van der Waals surface area contributed by atoms with Crippen molar-refractivity contribution in [2.24, 2.45) is 0 Å². The van der Waals surface area contributed by atoms with Gasteiger partial charge in [-0.3, -0.25) is 4.79 Å². The number of quaternary nitrogens is 1. The van der Waals surface area contributed by atoms with Crippen LogP contribution in [-0.4, -0.2) is 47.2 Å². The molecule has 0 saturated carbocycles. The number of rotatable bonds is 7. The maximum Gasteiger partial charge on any atom is 0.241 e. The lowest BCUT2D eigenvalue weighted by molar-refractivity contribution is -0.909. The Labute approximate surface area is 165 Å². The minimum absolute atomic E-state index is 0.166. The molecule has 1 fully saturated rings. The summed E-state index contributed by atoms with van der Waals surface area (Å²) in [6.07, 6.45) is 0. The van der Waals surface area contributed by atoms with Crippen LogP contribution in [0.2, 0.25) is 0 Å². The van der Waals surface area contributed by atoms with Crippen LogP contribution in [0.4, 0.5) is 5.69 Å². The summed E-state index contributed by atoms with van der Waals surface area (Å²) in [5.41, 5.74) is 1.49. The first-order chi connectivity index (χ1) is 13.4. The van der Waals surface area contributed by atoms with E-state index in [1.165, 1.54) is 24.0 Å². The second kappa shape index (κ2) is 9.29. The lowest BCUT2D eigenvalue weighted by atomic mass is 10.1. The van der Waals surface area contributed by atoms with Gasteiger partial charge in [-0.05, 0) is 29.8 Å². The molecule has 2 aromatic rings. The molecule has 0 radical (unpaired) electrons. The highest BCUT2D eigenvalue weighted by Gasteiger charge is 2.26. The highest BCUT2D eigenvalue weighted by Crippen LogP contribution is 2.18. The number of anilines is 1. The van der Waals surface area contributed by atoms with Gasteiger partial charge in [0, 0.05) is 12.6 Å². The third kappa shape index (κ3) is 5.62. The van der Waals surface area contributed by atoms with Crippen LogP contribution in [0, 0.1) is 0 Å². The highest BCUT2D eigenvalue weighted by atomic mass is 32.2. The predicted octanol–water partition coefficient (Wildman–Crippen LogP) is 0.580. The molecule has 1 saturated heterocycles. The summed E-state index contributed by atoms with van der Waals surface area (Å²) >= 11 is 0. The van der Waals surface area contributed by atoms with E-state index in [4.69, 9.17) is 4.74 Å². The summed E-state index contributed by atoms with van der Waals surface area (Å²) in [6.45, 7) is 5.15. The highest BCUT2D eigenvalue weighted by molar-refractivity contribution is 7.89. The Morgan fingerprint density at radius 1 is 1.07 bits per heavy atom.